The molecule has 2 atom stereocenters. The van der Waals surface area contributed by atoms with Gasteiger partial charge in [0.2, 0.25) is 0 Å². The third-order valence-electron chi connectivity index (χ3n) is 5.29. The van der Waals surface area contributed by atoms with Gasteiger partial charge in [-0.2, -0.15) is 0 Å². The summed E-state index contributed by atoms with van der Waals surface area (Å²) in [4.78, 5) is 0. The van der Waals surface area contributed by atoms with Crippen LogP contribution in [0.4, 0.5) is 0 Å². The quantitative estimate of drug-likeness (QED) is 0.795. The zero-order valence-electron chi connectivity index (χ0n) is 13.7. The van der Waals surface area contributed by atoms with Gasteiger partial charge in [0.05, 0.1) is 13.2 Å². The molecule has 2 heterocycles. The average molecular weight is 311 g/mol. The molecule has 0 N–H and O–H groups in total. The lowest BCUT2D eigenvalue weighted by Gasteiger charge is -2.25. The molecule has 1 aromatic carbocycles. The highest BCUT2D eigenvalue weighted by Crippen LogP contribution is 2.35. The minimum Gasteiger partial charge on any atom is -0.376 e. The number of hydrogen-bond donors (Lipinski definition) is 0. The van der Waals surface area contributed by atoms with Crippen LogP contribution in [0.2, 0.25) is 0 Å². The monoisotopic (exact) mass is 311 g/mol. The van der Waals surface area contributed by atoms with Crippen LogP contribution in [0.1, 0.15) is 42.9 Å². The molecule has 0 radical (unpaired) electrons. The Labute approximate surface area is 137 Å². The van der Waals surface area contributed by atoms with Gasteiger partial charge in [0, 0.05) is 19.4 Å². The molecule has 1 aliphatic heterocycles. The lowest BCUT2D eigenvalue weighted by molar-refractivity contribution is 0.121. The number of rotatable bonds is 5. The van der Waals surface area contributed by atoms with Crippen LogP contribution in [0.25, 0.3) is 0 Å². The second kappa shape index (κ2) is 6.83. The van der Waals surface area contributed by atoms with Crippen molar-refractivity contribution in [2.24, 2.45) is 11.8 Å². The molecule has 2 aromatic rings. The van der Waals surface area contributed by atoms with Crippen molar-refractivity contribution in [2.45, 2.75) is 51.7 Å². The predicted octanol–water partition coefficient (Wildman–Crippen LogP) is 3.40. The molecule has 1 saturated carbocycles. The van der Waals surface area contributed by atoms with E-state index >= 15 is 0 Å². The van der Waals surface area contributed by atoms with Crippen LogP contribution in [-0.2, 0) is 30.7 Å². The topological polar surface area (TPSA) is 39.9 Å². The summed E-state index contributed by atoms with van der Waals surface area (Å²) in [6.07, 6.45) is 7.50. The Kier molecular flexibility index (Phi) is 4.42. The summed E-state index contributed by atoms with van der Waals surface area (Å²) >= 11 is 0. The maximum atomic E-state index is 5.82. The van der Waals surface area contributed by atoms with E-state index in [0.717, 1.165) is 37.0 Å². The second-order valence-electron chi connectivity index (χ2n) is 7.03. The minimum absolute atomic E-state index is 0.673. The third kappa shape index (κ3) is 3.47. The standard InChI is InChI=1S/C19H25N3O/c1-2-5-15(6-3-1)14-23-10-9-18-20-21-19-12-16-7-4-8-17(11-16)13-22(18)19/h1-3,5-6,16-17H,4,7-14H2. The van der Waals surface area contributed by atoms with Crippen LogP contribution in [-0.4, -0.2) is 21.4 Å². The molecule has 122 valence electrons. The average Bonchev–Trinajstić information content (AvgIpc) is 2.89. The van der Waals surface area contributed by atoms with Gasteiger partial charge < -0.3 is 9.30 Å². The Morgan fingerprint density at radius 2 is 1.96 bits per heavy atom. The molecule has 4 nitrogen and oxygen atoms in total. The summed E-state index contributed by atoms with van der Waals surface area (Å²) in [5.41, 5.74) is 1.22. The molecule has 2 aliphatic rings. The van der Waals surface area contributed by atoms with E-state index in [0.29, 0.717) is 13.2 Å². The summed E-state index contributed by atoms with van der Waals surface area (Å²) in [6, 6.07) is 10.3. The number of benzene rings is 1. The van der Waals surface area contributed by atoms with Gasteiger partial charge in [0.25, 0.3) is 0 Å². The van der Waals surface area contributed by atoms with Crippen LogP contribution >= 0.6 is 0 Å². The van der Waals surface area contributed by atoms with Gasteiger partial charge in [-0.15, -0.1) is 10.2 Å². The molecule has 2 unspecified atom stereocenters. The largest absolute Gasteiger partial charge is 0.376 e. The number of ether oxygens (including phenoxy) is 1. The van der Waals surface area contributed by atoms with Crippen LogP contribution in [0, 0.1) is 11.8 Å². The highest BCUT2D eigenvalue weighted by Gasteiger charge is 2.29. The van der Waals surface area contributed by atoms with Crippen molar-refractivity contribution in [3.63, 3.8) is 0 Å². The van der Waals surface area contributed by atoms with Crippen molar-refractivity contribution < 1.29 is 4.74 Å². The first-order valence-corrected chi connectivity index (χ1v) is 8.91. The molecule has 1 aliphatic carbocycles. The Bertz CT molecular complexity index is 637. The van der Waals surface area contributed by atoms with Crippen molar-refractivity contribution in [1.29, 1.82) is 0 Å². The number of aromatic nitrogens is 3. The first kappa shape index (κ1) is 14.9. The van der Waals surface area contributed by atoms with Gasteiger partial charge in [-0.1, -0.05) is 36.8 Å². The van der Waals surface area contributed by atoms with Crippen LogP contribution < -0.4 is 0 Å². The van der Waals surface area contributed by atoms with Gasteiger partial charge in [0.15, 0.2) is 0 Å². The molecule has 1 fully saturated rings. The lowest BCUT2D eigenvalue weighted by Crippen LogP contribution is -2.18. The second-order valence-corrected chi connectivity index (χ2v) is 7.03. The zero-order valence-corrected chi connectivity index (χ0v) is 13.7. The van der Waals surface area contributed by atoms with Crippen molar-refractivity contribution in [1.82, 2.24) is 14.8 Å². The summed E-state index contributed by atoms with van der Waals surface area (Å²) < 4.78 is 8.21. The van der Waals surface area contributed by atoms with Gasteiger partial charge in [-0.25, -0.2) is 0 Å². The number of hydrogen-bond acceptors (Lipinski definition) is 3. The van der Waals surface area contributed by atoms with Gasteiger partial charge in [-0.05, 0) is 36.7 Å². The van der Waals surface area contributed by atoms with E-state index in [-0.39, 0.29) is 0 Å². The van der Waals surface area contributed by atoms with Crippen molar-refractivity contribution in [3.05, 3.63) is 47.5 Å². The summed E-state index contributed by atoms with van der Waals surface area (Å²) in [6.45, 7) is 2.50. The first-order valence-electron chi connectivity index (χ1n) is 8.91. The summed E-state index contributed by atoms with van der Waals surface area (Å²) in [5.74, 6) is 3.98. The van der Waals surface area contributed by atoms with E-state index in [4.69, 9.17) is 4.74 Å². The molecule has 1 aromatic heterocycles. The Balaban J connectivity index is 1.35. The molecule has 4 heteroatoms. The smallest absolute Gasteiger partial charge is 0.135 e. The van der Waals surface area contributed by atoms with Gasteiger partial charge in [0.1, 0.15) is 11.6 Å². The number of nitrogens with zero attached hydrogens (tertiary/aromatic N) is 3. The van der Waals surface area contributed by atoms with Gasteiger partial charge in [-0.3, -0.25) is 0 Å². The maximum Gasteiger partial charge on any atom is 0.135 e. The molecule has 0 spiro atoms. The lowest BCUT2D eigenvalue weighted by atomic mass is 9.81. The van der Waals surface area contributed by atoms with Gasteiger partial charge >= 0.3 is 0 Å². The minimum atomic E-state index is 0.673. The van der Waals surface area contributed by atoms with E-state index in [2.05, 4.69) is 39.0 Å². The Hall–Kier alpha value is -1.68. The molecular weight excluding hydrogens is 286 g/mol. The van der Waals surface area contributed by atoms with E-state index in [1.54, 1.807) is 0 Å². The summed E-state index contributed by atoms with van der Waals surface area (Å²) in [5, 5.41) is 8.92. The van der Waals surface area contributed by atoms with Crippen molar-refractivity contribution in [3.8, 4) is 0 Å². The SMILES string of the molecule is c1ccc(COCCc2nnc3n2CC2CCCC(C3)C2)cc1. The van der Waals surface area contributed by atoms with E-state index in [9.17, 15) is 0 Å². The highest BCUT2D eigenvalue weighted by molar-refractivity contribution is 5.13. The molecule has 4 rings (SSSR count). The first-order chi connectivity index (χ1) is 11.4. The fraction of sp³-hybridized carbons (Fsp3) is 0.579. The Morgan fingerprint density at radius 3 is 2.87 bits per heavy atom. The predicted molar refractivity (Wildman–Crippen MR) is 89.0 cm³/mol. The van der Waals surface area contributed by atoms with Crippen LogP contribution in [0.15, 0.2) is 30.3 Å². The summed E-state index contributed by atoms with van der Waals surface area (Å²) in [7, 11) is 0. The third-order valence-corrected chi connectivity index (χ3v) is 5.29. The zero-order chi connectivity index (χ0) is 15.5. The van der Waals surface area contributed by atoms with Crippen molar-refractivity contribution in [2.75, 3.05) is 6.61 Å². The molecular formula is C19H25N3O. The molecule has 23 heavy (non-hydrogen) atoms. The normalized spacial score (nSPS) is 23.3. The molecule has 2 bridgehead atoms. The van der Waals surface area contributed by atoms with E-state index in [1.165, 1.54) is 37.1 Å². The van der Waals surface area contributed by atoms with E-state index < -0.39 is 0 Å². The molecule has 0 saturated heterocycles. The fourth-order valence-corrected chi connectivity index (χ4v) is 4.12. The van der Waals surface area contributed by atoms with Crippen LogP contribution in [0.3, 0.4) is 0 Å². The van der Waals surface area contributed by atoms with Crippen molar-refractivity contribution >= 4 is 0 Å². The van der Waals surface area contributed by atoms with E-state index in [1.807, 2.05) is 6.07 Å². The number of fused-ring (bicyclic) bond motifs is 3. The maximum absolute atomic E-state index is 5.82. The molecule has 0 amide bonds. The highest BCUT2D eigenvalue weighted by atomic mass is 16.5. The fourth-order valence-electron chi connectivity index (χ4n) is 4.12. The Morgan fingerprint density at radius 1 is 1.09 bits per heavy atom. The van der Waals surface area contributed by atoms with Crippen LogP contribution in [0.5, 0.6) is 0 Å².